The Balaban J connectivity index is 2.45. The Morgan fingerprint density at radius 3 is 2.81 bits per heavy atom. The van der Waals surface area contributed by atoms with Crippen LogP contribution in [0.25, 0.3) is 0 Å². The number of benzene rings is 1. The highest BCUT2D eigenvalue weighted by atomic mass is 16.5. The predicted molar refractivity (Wildman–Crippen MR) is 68.5 cm³/mol. The van der Waals surface area contributed by atoms with Crippen LogP contribution in [0.15, 0.2) is 18.2 Å². The second-order valence-electron chi connectivity index (χ2n) is 5.23. The molecule has 1 aromatic carbocycles. The van der Waals surface area contributed by atoms with Crippen LogP contribution in [0.4, 0.5) is 11.4 Å². The topological polar surface area (TPSA) is 24.5 Å². The van der Waals surface area contributed by atoms with Crippen LogP contribution in [-0.4, -0.2) is 27.2 Å². The predicted octanol–water partition coefficient (Wildman–Crippen LogP) is 2.58. The second-order valence-corrected chi connectivity index (χ2v) is 5.23. The van der Waals surface area contributed by atoms with Gasteiger partial charge in [0.1, 0.15) is 11.4 Å². The standard InChI is InChI=1S/C13H20N2O/c1-13(2)8-14-10-6-5-7-11(16-4)12(10)15(3)9-13/h5-7,14H,8-9H2,1-4H3. The molecule has 1 aliphatic rings. The molecule has 0 saturated heterocycles. The molecule has 0 aliphatic carbocycles. The molecule has 16 heavy (non-hydrogen) atoms. The first-order valence-corrected chi connectivity index (χ1v) is 5.65. The van der Waals surface area contributed by atoms with E-state index in [0.717, 1.165) is 30.2 Å². The molecule has 88 valence electrons. The van der Waals surface area contributed by atoms with Crippen LogP contribution in [0.1, 0.15) is 13.8 Å². The largest absolute Gasteiger partial charge is 0.495 e. The number of nitrogens with one attached hydrogen (secondary N) is 1. The molecule has 1 heterocycles. The maximum absolute atomic E-state index is 5.43. The van der Waals surface area contributed by atoms with E-state index in [-0.39, 0.29) is 5.41 Å². The molecule has 1 aromatic rings. The third kappa shape index (κ3) is 1.94. The van der Waals surface area contributed by atoms with Crippen molar-refractivity contribution in [2.75, 3.05) is 37.5 Å². The summed E-state index contributed by atoms with van der Waals surface area (Å²) in [5.74, 6) is 0.935. The molecular formula is C13H20N2O. The van der Waals surface area contributed by atoms with Crippen LogP contribution in [0.2, 0.25) is 0 Å². The fourth-order valence-corrected chi connectivity index (χ4v) is 2.33. The summed E-state index contributed by atoms with van der Waals surface area (Å²) in [5, 5.41) is 3.50. The van der Waals surface area contributed by atoms with Crippen LogP contribution < -0.4 is 15.0 Å². The minimum absolute atomic E-state index is 0.263. The van der Waals surface area contributed by atoms with E-state index in [2.05, 4.69) is 37.2 Å². The minimum Gasteiger partial charge on any atom is -0.495 e. The van der Waals surface area contributed by atoms with Gasteiger partial charge in [-0.05, 0) is 17.5 Å². The lowest BCUT2D eigenvalue weighted by Crippen LogP contribution is -2.33. The lowest BCUT2D eigenvalue weighted by Gasteiger charge is -2.28. The maximum atomic E-state index is 5.43. The van der Waals surface area contributed by atoms with Crippen molar-refractivity contribution in [1.29, 1.82) is 0 Å². The average Bonchev–Trinajstić information content (AvgIpc) is 2.35. The van der Waals surface area contributed by atoms with Crippen LogP contribution in [0.3, 0.4) is 0 Å². The maximum Gasteiger partial charge on any atom is 0.144 e. The highest BCUT2D eigenvalue weighted by Gasteiger charge is 2.27. The van der Waals surface area contributed by atoms with Gasteiger partial charge in [-0.15, -0.1) is 0 Å². The highest BCUT2D eigenvalue weighted by Crippen LogP contribution is 2.39. The quantitative estimate of drug-likeness (QED) is 0.787. The molecule has 2 rings (SSSR count). The summed E-state index contributed by atoms with van der Waals surface area (Å²) in [7, 11) is 3.84. The first-order valence-electron chi connectivity index (χ1n) is 5.65. The molecule has 1 N–H and O–H groups in total. The summed E-state index contributed by atoms with van der Waals surface area (Å²) in [6.45, 7) is 6.55. The molecule has 0 amide bonds. The van der Waals surface area contributed by atoms with Gasteiger partial charge in [0.05, 0.1) is 12.8 Å². The van der Waals surface area contributed by atoms with Gasteiger partial charge in [-0.3, -0.25) is 0 Å². The van der Waals surface area contributed by atoms with Crippen LogP contribution in [0.5, 0.6) is 5.75 Å². The van der Waals surface area contributed by atoms with E-state index in [0.29, 0.717) is 0 Å². The fourth-order valence-electron chi connectivity index (χ4n) is 2.33. The van der Waals surface area contributed by atoms with E-state index in [1.807, 2.05) is 12.1 Å². The molecule has 0 saturated carbocycles. The monoisotopic (exact) mass is 220 g/mol. The third-order valence-electron chi connectivity index (χ3n) is 3.02. The van der Waals surface area contributed by atoms with Gasteiger partial charge in [0.15, 0.2) is 0 Å². The number of hydrogen-bond donors (Lipinski definition) is 1. The zero-order valence-corrected chi connectivity index (χ0v) is 10.5. The van der Waals surface area contributed by atoms with Crippen molar-refractivity contribution in [2.24, 2.45) is 5.41 Å². The Kier molecular flexibility index (Phi) is 2.70. The van der Waals surface area contributed by atoms with E-state index < -0.39 is 0 Å². The Hall–Kier alpha value is -1.38. The van der Waals surface area contributed by atoms with E-state index in [1.165, 1.54) is 0 Å². The Bertz CT molecular complexity index is 388. The first-order chi connectivity index (χ1) is 7.53. The van der Waals surface area contributed by atoms with Gasteiger partial charge >= 0.3 is 0 Å². The number of methoxy groups -OCH3 is 1. The van der Waals surface area contributed by atoms with Crippen molar-refractivity contribution in [3.63, 3.8) is 0 Å². The van der Waals surface area contributed by atoms with Crippen molar-refractivity contribution in [3.8, 4) is 5.75 Å². The molecule has 0 bridgehead atoms. The van der Waals surface area contributed by atoms with Gasteiger partial charge < -0.3 is 15.0 Å². The normalized spacial score (nSPS) is 18.4. The van der Waals surface area contributed by atoms with Gasteiger partial charge in [-0.1, -0.05) is 19.9 Å². The van der Waals surface area contributed by atoms with E-state index in [9.17, 15) is 0 Å². The highest BCUT2D eigenvalue weighted by molar-refractivity contribution is 5.77. The SMILES string of the molecule is COc1cccc2c1N(C)CC(C)(C)CN2. The van der Waals surface area contributed by atoms with E-state index in [1.54, 1.807) is 7.11 Å². The lowest BCUT2D eigenvalue weighted by atomic mass is 9.93. The van der Waals surface area contributed by atoms with Crippen molar-refractivity contribution < 1.29 is 4.74 Å². The second kappa shape index (κ2) is 3.89. The lowest BCUT2D eigenvalue weighted by molar-refractivity contribution is 0.396. The summed E-state index contributed by atoms with van der Waals surface area (Å²) in [5.41, 5.74) is 2.58. The van der Waals surface area contributed by atoms with Crippen molar-refractivity contribution in [1.82, 2.24) is 0 Å². The Morgan fingerprint density at radius 2 is 2.12 bits per heavy atom. The zero-order valence-electron chi connectivity index (χ0n) is 10.5. The minimum atomic E-state index is 0.263. The van der Waals surface area contributed by atoms with Crippen molar-refractivity contribution in [2.45, 2.75) is 13.8 Å². The number of fused-ring (bicyclic) bond motifs is 1. The molecule has 0 aromatic heterocycles. The molecule has 3 heteroatoms. The summed E-state index contributed by atoms with van der Waals surface area (Å²) < 4.78 is 5.43. The number of nitrogens with zero attached hydrogens (tertiary/aromatic N) is 1. The van der Waals surface area contributed by atoms with Crippen LogP contribution in [-0.2, 0) is 0 Å². The average molecular weight is 220 g/mol. The number of hydrogen-bond acceptors (Lipinski definition) is 3. The van der Waals surface area contributed by atoms with Gasteiger partial charge in [0, 0.05) is 20.1 Å². The van der Waals surface area contributed by atoms with Gasteiger partial charge in [0.25, 0.3) is 0 Å². The fraction of sp³-hybridized carbons (Fsp3) is 0.538. The first kappa shape index (κ1) is 11.1. The summed E-state index contributed by atoms with van der Waals surface area (Å²) >= 11 is 0. The molecule has 0 atom stereocenters. The number of para-hydroxylation sites is 1. The van der Waals surface area contributed by atoms with Crippen molar-refractivity contribution >= 4 is 11.4 Å². The summed E-state index contributed by atoms with van der Waals surface area (Å²) in [4.78, 5) is 2.27. The molecule has 0 fully saturated rings. The van der Waals surface area contributed by atoms with E-state index >= 15 is 0 Å². The van der Waals surface area contributed by atoms with Crippen LogP contribution >= 0.6 is 0 Å². The third-order valence-corrected chi connectivity index (χ3v) is 3.02. The molecule has 3 nitrogen and oxygen atoms in total. The van der Waals surface area contributed by atoms with Crippen molar-refractivity contribution in [3.05, 3.63) is 18.2 Å². The molecular weight excluding hydrogens is 200 g/mol. The number of anilines is 2. The van der Waals surface area contributed by atoms with Gasteiger partial charge in [-0.25, -0.2) is 0 Å². The smallest absolute Gasteiger partial charge is 0.144 e. The summed E-state index contributed by atoms with van der Waals surface area (Å²) in [6.07, 6.45) is 0. The summed E-state index contributed by atoms with van der Waals surface area (Å²) in [6, 6.07) is 6.14. The van der Waals surface area contributed by atoms with Gasteiger partial charge in [-0.2, -0.15) is 0 Å². The molecule has 1 aliphatic heterocycles. The Morgan fingerprint density at radius 1 is 1.38 bits per heavy atom. The van der Waals surface area contributed by atoms with Crippen LogP contribution in [0, 0.1) is 5.41 Å². The van der Waals surface area contributed by atoms with Gasteiger partial charge in [0.2, 0.25) is 0 Å². The zero-order chi connectivity index (χ0) is 11.8. The number of rotatable bonds is 1. The molecule has 0 spiro atoms. The molecule has 0 radical (unpaired) electrons. The Labute approximate surface area is 97.4 Å². The van der Waals surface area contributed by atoms with E-state index in [4.69, 9.17) is 4.74 Å². The number of ether oxygens (including phenoxy) is 1. The molecule has 0 unspecified atom stereocenters.